The largest absolute Gasteiger partial charge is 0.462 e. The molecule has 0 amide bonds. The molecule has 1 aliphatic carbocycles. The van der Waals surface area contributed by atoms with E-state index in [1.54, 1.807) is 26.0 Å². The molecule has 3 saturated heterocycles. The van der Waals surface area contributed by atoms with Crippen molar-refractivity contribution in [3.05, 3.63) is 47.1 Å². The molecule has 3 N–H and O–H groups in total. The zero-order valence-corrected chi connectivity index (χ0v) is 28.9. The minimum absolute atomic E-state index is 0.0125. The standard InChI is InChI=1S/C37H54O10/c1-8-22(5)34(40)45-31-24(7)29(9-2)47-36(32(31)39)18-27-17-26(46-36)14-13-21(4)15-20(3)11-10-12-25-19-43-33-30(38)23(6)16-28(35(41)44-27)37(25,33)42/h10-13,16,20,22,24,26-33,38-39,42H,8-9,14-15,17-19H2,1-7H3/b11-10-,21-13-,25-12-/t20-,22-,24+,26+,27-,28-,29+,30+,31-,32+,33+,36-,37+/m0/s1. The third-order valence-electron chi connectivity index (χ3n) is 11.0. The van der Waals surface area contributed by atoms with Gasteiger partial charge >= 0.3 is 11.9 Å². The number of carbonyl (C=O) groups is 2. The first kappa shape index (κ1) is 36.0. The molecule has 4 aliphatic heterocycles. The number of hydrogen-bond donors (Lipinski definition) is 3. The monoisotopic (exact) mass is 658 g/mol. The van der Waals surface area contributed by atoms with Crippen LogP contribution < -0.4 is 0 Å². The van der Waals surface area contributed by atoms with E-state index >= 15 is 0 Å². The molecule has 10 heteroatoms. The van der Waals surface area contributed by atoms with Crippen LogP contribution in [0.5, 0.6) is 0 Å². The van der Waals surface area contributed by atoms with Gasteiger partial charge in [-0.25, -0.2) is 0 Å². The maximum Gasteiger partial charge on any atom is 0.316 e. The van der Waals surface area contributed by atoms with Crippen molar-refractivity contribution in [3.63, 3.8) is 0 Å². The average Bonchev–Trinajstić information content (AvgIpc) is 3.37. The fraction of sp³-hybridized carbons (Fsp3) is 0.730. The number of allylic oxidation sites excluding steroid dienone is 4. The van der Waals surface area contributed by atoms with Gasteiger partial charge in [0.1, 0.15) is 42.0 Å². The summed E-state index contributed by atoms with van der Waals surface area (Å²) in [5.41, 5.74) is 0.355. The molecule has 0 aromatic carbocycles. The summed E-state index contributed by atoms with van der Waals surface area (Å²) in [5.74, 6) is -4.23. The van der Waals surface area contributed by atoms with Crippen LogP contribution in [0.25, 0.3) is 0 Å². The van der Waals surface area contributed by atoms with Gasteiger partial charge in [0.15, 0.2) is 0 Å². The molecule has 0 aromatic heterocycles. The topological polar surface area (TPSA) is 141 Å². The molecule has 5 rings (SSSR count). The van der Waals surface area contributed by atoms with Crippen molar-refractivity contribution in [2.45, 2.75) is 141 Å². The van der Waals surface area contributed by atoms with Crippen LogP contribution in [0, 0.1) is 23.7 Å². The Morgan fingerprint density at radius 3 is 2.60 bits per heavy atom. The molecular weight excluding hydrogens is 604 g/mol. The molecule has 2 bridgehead atoms. The third kappa shape index (κ3) is 6.92. The lowest BCUT2D eigenvalue weighted by atomic mass is 9.71. The predicted octanol–water partition coefficient (Wildman–Crippen LogP) is 4.46. The Labute approximate surface area is 278 Å². The van der Waals surface area contributed by atoms with Crippen molar-refractivity contribution in [3.8, 4) is 0 Å². The van der Waals surface area contributed by atoms with Crippen molar-refractivity contribution in [1.82, 2.24) is 0 Å². The van der Waals surface area contributed by atoms with Crippen LogP contribution >= 0.6 is 0 Å². The summed E-state index contributed by atoms with van der Waals surface area (Å²) >= 11 is 0. The van der Waals surface area contributed by atoms with Gasteiger partial charge in [-0.2, -0.15) is 0 Å². The molecule has 0 unspecified atom stereocenters. The Kier molecular flexibility index (Phi) is 10.9. The number of esters is 2. The average molecular weight is 659 g/mol. The zero-order valence-electron chi connectivity index (χ0n) is 28.9. The van der Waals surface area contributed by atoms with Gasteiger partial charge in [0.05, 0.1) is 24.7 Å². The molecule has 13 atom stereocenters. The molecule has 1 spiro atoms. The number of fused-ring (bicyclic) bond motifs is 2. The highest BCUT2D eigenvalue weighted by atomic mass is 16.7. The number of rotatable bonds is 4. The predicted molar refractivity (Wildman–Crippen MR) is 174 cm³/mol. The highest BCUT2D eigenvalue weighted by Crippen LogP contribution is 2.48. The summed E-state index contributed by atoms with van der Waals surface area (Å²) in [7, 11) is 0. The molecular formula is C37H54O10. The van der Waals surface area contributed by atoms with Crippen LogP contribution in [0.4, 0.5) is 0 Å². The van der Waals surface area contributed by atoms with Crippen LogP contribution in [0.2, 0.25) is 0 Å². The quantitative estimate of drug-likeness (QED) is 0.293. The van der Waals surface area contributed by atoms with E-state index in [4.69, 9.17) is 23.7 Å². The minimum atomic E-state index is -1.81. The van der Waals surface area contributed by atoms with E-state index in [0.29, 0.717) is 36.8 Å². The molecule has 5 aliphatic rings. The van der Waals surface area contributed by atoms with Crippen LogP contribution in [0.3, 0.4) is 0 Å². The maximum absolute atomic E-state index is 14.1. The van der Waals surface area contributed by atoms with E-state index < -0.39 is 59.9 Å². The normalized spacial score (nSPS) is 46.2. The smallest absolute Gasteiger partial charge is 0.316 e. The number of hydrogen-bond acceptors (Lipinski definition) is 10. The Balaban J connectivity index is 1.54. The minimum Gasteiger partial charge on any atom is -0.462 e. The maximum atomic E-state index is 14.1. The molecule has 262 valence electrons. The van der Waals surface area contributed by atoms with Gasteiger partial charge in [0, 0.05) is 18.8 Å². The van der Waals surface area contributed by atoms with Crippen LogP contribution in [0.1, 0.15) is 87.0 Å². The fourth-order valence-electron chi connectivity index (χ4n) is 7.86. The van der Waals surface area contributed by atoms with Crippen molar-refractivity contribution >= 4 is 11.9 Å². The first-order valence-electron chi connectivity index (χ1n) is 17.4. The molecule has 0 saturated carbocycles. The Bertz CT molecular complexity index is 1300. The van der Waals surface area contributed by atoms with Gasteiger partial charge in [-0.1, -0.05) is 70.6 Å². The Morgan fingerprint density at radius 2 is 1.89 bits per heavy atom. The molecule has 47 heavy (non-hydrogen) atoms. The summed E-state index contributed by atoms with van der Waals surface area (Å²) in [6, 6.07) is 0. The Morgan fingerprint density at radius 1 is 1.15 bits per heavy atom. The van der Waals surface area contributed by atoms with E-state index in [9.17, 15) is 24.9 Å². The van der Waals surface area contributed by atoms with Gasteiger partial charge in [-0.3, -0.25) is 9.59 Å². The summed E-state index contributed by atoms with van der Waals surface area (Å²) in [5, 5.41) is 35.1. The number of carbonyl (C=O) groups excluding carboxylic acids is 2. The van der Waals surface area contributed by atoms with E-state index in [1.165, 1.54) is 0 Å². The van der Waals surface area contributed by atoms with Gasteiger partial charge in [-0.15, -0.1) is 0 Å². The zero-order chi connectivity index (χ0) is 34.3. The molecule has 0 aromatic rings. The van der Waals surface area contributed by atoms with E-state index in [2.05, 4.69) is 19.9 Å². The van der Waals surface area contributed by atoms with Crippen LogP contribution in [-0.2, 0) is 33.3 Å². The van der Waals surface area contributed by atoms with Gasteiger partial charge in [0.25, 0.3) is 0 Å². The first-order chi connectivity index (χ1) is 22.2. The molecule has 0 radical (unpaired) electrons. The summed E-state index contributed by atoms with van der Waals surface area (Å²) < 4.78 is 31.4. The van der Waals surface area contributed by atoms with Crippen molar-refractivity contribution in [2.24, 2.45) is 23.7 Å². The number of aliphatic hydroxyl groups is 3. The lowest BCUT2D eigenvalue weighted by molar-refractivity contribution is -0.385. The second kappa shape index (κ2) is 14.3. The summed E-state index contributed by atoms with van der Waals surface area (Å²) in [6.07, 6.45) is 6.29. The molecule has 10 nitrogen and oxygen atoms in total. The van der Waals surface area contributed by atoms with Crippen molar-refractivity contribution in [1.29, 1.82) is 0 Å². The highest BCUT2D eigenvalue weighted by molar-refractivity contribution is 5.78. The van der Waals surface area contributed by atoms with Gasteiger partial charge in [-0.05, 0) is 56.6 Å². The second-order valence-electron chi connectivity index (χ2n) is 14.6. The van der Waals surface area contributed by atoms with Gasteiger partial charge in [0.2, 0.25) is 5.79 Å². The molecule has 3 fully saturated rings. The lowest BCUT2D eigenvalue weighted by Crippen LogP contribution is -2.67. The first-order valence-corrected chi connectivity index (χ1v) is 17.4. The molecule has 4 heterocycles. The van der Waals surface area contributed by atoms with Crippen molar-refractivity contribution < 1.29 is 48.6 Å². The van der Waals surface area contributed by atoms with Crippen LogP contribution in [0.15, 0.2) is 47.1 Å². The number of ether oxygens (including phenoxy) is 5. The summed E-state index contributed by atoms with van der Waals surface area (Å²) in [4.78, 5) is 27.1. The van der Waals surface area contributed by atoms with Gasteiger partial charge < -0.3 is 39.0 Å². The summed E-state index contributed by atoms with van der Waals surface area (Å²) in [6.45, 7) is 13.5. The van der Waals surface area contributed by atoms with Crippen LogP contribution in [-0.4, -0.2) is 88.0 Å². The van der Waals surface area contributed by atoms with Crippen molar-refractivity contribution in [2.75, 3.05) is 6.61 Å². The second-order valence-corrected chi connectivity index (χ2v) is 14.6. The third-order valence-corrected chi connectivity index (χ3v) is 11.0. The van der Waals surface area contributed by atoms with E-state index in [1.807, 2.05) is 32.9 Å². The van der Waals surface area contributed by atoms with E-state index in [0.717, 1.165) is 12.0 Å². The fourth-order valence-corrected chi connectivity index (χ4v) is 7.86. The lowest BCUT2D eigenvalue weighted by Gasteiger charge is -2.54. The highest BCUT2D eigenvalue weighted by Gasteiger charge is 2.61. The SMILES string of the molecule is CC[C@H](C)C(=O)O[C@H]1[C@H](C)[C@@H](CC)O[C@@]2(C[C@@H]3C[C@@H](C/C=C(/C)C[C@@H](C)/C=C\C=C4\CO[C@@H]5[C@H](O)C(C)=C[C@@H](C(=O)O3)[C@]45O)O2)[C@@H]1O. The van der Waals surface area contributed by atoms with E-state index in [-0.39, 0.29) is 42.9 Å². The number of aliphatic hydroxyl groups excluding tert-OH is 2. The Hall–Kier alpha value is -2.34.